The van der Waals surface area contributed by atoms with Gasteiger partial charge < -0.3 is 4.74 Å². The number of rotatable bonds is 3. The van der Waals surface area contributed by atoms with Crippen LogP contribution in [-0.4, -0.2) is 24.0 Å². The molecule has 0 N–H and O–H groups in total. The van der Waals surface area contributed by atoms with E-state index in [0.29, 0.717) is 24.1 Å². The highest BCUT2D eigenvalue weighted by molar-refractivity contribution is 6.34. The number of aromatic nitrogens is 1. The fourth-order valence-corrected chi connectivity index (χ4v) is 3.63. The molecule has 1 aliphatic rings. The summed E-state index contributed by atoms with van der Waals surface area (Å²) in [7, 11) is 0. The Morgan fingerprint density at radius 3 is 2.19 bits per heavy atom. The minimum Gasteiger partial charge on any atom is -0.477 e. The van der Waals surface area contributed by atoms with Crippen molar-refractivity contribution in [2.24, 2.45) is 4.99 Å². The Hall–Kier alpha value is -2.36. The van der Waals surface area contributed by atoms with Gasteiger partial charge in [0.25, 0.3) is 0 Å². The van der Waals surface area contributed by atoms with E-state index in [4.69, 9.17) is 27.9 Å². The van der Waals surface area contributed by atoms with E-state index < -0.39 is 0 Å². The average Bonchev–Trinajstić information content (AvgIpc) is 2.69. The van der Waals surface area contributed by atoms with Crippen molar-refractivity contribution >= 4 is 29.1 Å². The Morgan fingerprint density at radius 1 is 0.926 bits per heavy atom. The number of pyridine rings is 1. The van der Waals surface area contributed by atoms with Crippen molar-refractivity contribution in [3.8, 4) is 11.1 Å². The van der Waals surface area contributed by atoms with Crippen LogP contribution in [0.1, 0.15) is 22.6 Å². The summed E-state index contributed by atoms with van der Waals surface area (Å²) in [6.07, 6.45) is 3.39. The quantitative estimate of drug-likeness (QED) is 0.550. The van der Waals surface area contributed by atoms with Crippen LogP contribution in [0.5, 0.6) is 0 Å². The minimum absolute atomic E-state index is 0.230. The van der Waals surface area contributed by atoms with Crippen molar-refractivity contribution in [1.29, 1.82) is 0 Å². The molecule has 3 nitrogen and oxygen atoms in total. The summed E-state index contributed by atoms with van der Waals surface area (Å²) >= 11 is 12.2. The molecular weight excluding hydrogens is 379 g/mol. The molecule has 1 unspecified atom stereocenters. The molecule has 0 bridgehead atoms. The average molecular weight is 397 g/mol. The Kier molecular flexibility index (Phi) is 5.15. The topological polar surface area (TPSA) is 34.5 Å². The lowest BCUT2D eigenvalue weighted by atomic mass is 9.96. The number of hydrogen-bond acceptors (Lipinski definition) is 3. The summed E-state index contributed by atoms with van der Waals surface area (Å²) < 4.78 is 5.94. The lowest BCUT2D eigenvalue weighted by molar-refractivity contribution is 0.259. The number of benzene rings is 2. The summed E-state index contributed by atoms with van der Waals surface area (Å²) in [6, 6.07) is 16.4. The molecule has 4 rings (SSSR count). The number of ether oxygens (including phenoxy) is 1. The zero-order chi connectivity index (χ0) is 18.8. The minimum atomic E-state index is 0.230. The van der Waals surface area contributed by atoms with Crippen molar-refractivity contribution in [1.82, 2.24) is 4.98 Å². The van der Waals surface area contributed by atoms with Gasteiger partial charge in [-0.2, -0.15) is 0 Å². The van der Waals surface area contributed by atoms with E-state index in [1.54, 1.807) is 12.4 Å². The fourth-order valence-electron chi connectivity index (χ4n) is 3.22. The van der Waals surface area contributed by atoms with Gasteiger partial charge in [0.05, 0.1) is 23.7 Å². The molecule has 2 heterocycles. The van der Waals surface area contributed by atoms with Crippen molar-refractivity contribution in [2.75, 3.05) is 13.2 Å². The highest BCUT2D eigenvalue weighted by Gasteiger charge is 2.22. The van der Waals surface area contributed by atoms with Crippen LogP contribution in [0.4, 0.5) is 0 Å². The molecule has 0 amide bonds. The molecule has 0 saturated heterocycles. The summed E-state index contributed by atoms with van der Waals surface area (Å²) in [5, 5.41) is 1.31. The van der Waals surface area contributed by atoms with E-state index in [-0.39, 0.29) is 5.92 Å². The molecule has 27 heavy (non-hydrogen) atoms. The molecule has 0 radical (unpaired) electrons. The first-order valence-corrected chi connectivity index (χ1v) is 9.51. The molecule has 1 aromatic heterocycles. The zero-order valence-corrected chi connectivity index (χ0v) is 16.3. The molecule has 5 heteroatoms. The van der Waals surface area contributed by atoms with Crippen LogP contribution in [0.2, 0.25) is 10.0 Å². The lowest BCUT2D eigenvalue weighted by Crippen LogP contribution is -2.23. The number of halogens is 2. The van der Waals surface area contributed by atoms with Gasteiger partial charge in [0.15, 0.2) is 0 Å². The van der Waals surface area contributed by atoms with Crippen molar-refractivity contribution in [3.63, 3.8) is 0 Å². The zero-order valence-electron chi connectivity index (χ0n) is 14.8. The molecule has 1 atom stereocenters. The summed E-state index contributed by atoms with van der Waals surface area (Å²) in [5.41, 5.74) is 5.33. The Morgan fingerprint density at radius 2 is 1.59 bits per heavy atom. The molecule has 0 spiro atoms. The molecule has 136 valence electrons. The Balaban J connectivity index is 1.51. The van der Waals surface area contributed by atoms with Crippen molar-refractivity contribution in [3.05, 3.63) is 87.7 Å². The van der Waals surface area contributed by atoms with E-state index in [2.05, 4.69) is 34.2 Å². The predicted molar refractivity (Wildman–Crippen MR) is 111 cm³/mol. The predicted octanol–water partition coefficient (Wildman–Crippen LogP) is 5.92. The summed E-state index contributed by atoms with van der Waals surface area (Å²) in [6.45, 7) is 3.21. The van der Waals surface area contributed by atoms with Gasteiger partial charge in [0, 0.05) is 23.3 Å². The smallest absolute Gasteiger partial charge is 0.218 e. The van der Waals surface area contributed by atoms with Gasteiger partial charge in [-0.05, 0) is 41.3 Å². The van der Waals surface area contributed by atoms with Gasteiger partial charge in [-0.25, -0.2) is 0 Å². The second-order valence-corrected chi connectivity index (χ2v) is 7.44. The highest BCUT2D eigenvalue weighted by Crippen LogP contribution is 2.28. The maximum Gasteiger partial charge on any atom is 0.218 e. The fraction of sp³-hybridized carbons (Fsp3) is 0.182. The maximum atomic E-state index is 6.27. The molecular formula is C22H18Cl2N2O. The Labute approximate surface area is 168 Å². The van der Waals surface area contributed by atoms with Gasteiger partial charge in [-0.3, -0.25) is 9.98 Å². The van der Waals surface area contributed by atoms with Crippen LogP contribution >= 0.6 is 23.2 Å². The standard InChI is InChI=1S/C22H18Cl2N2O/c1-14-10-25-12-20(24)21(14)22-26-11-18(13-27-22)17-4-2-15(3-5-17)16-6-8-19(23)9-7-16/h2-10,12,18H,11,13H2,1H3. The normalized spacial score (nSPS) is 16.6. The van der Waals surface area contributed by atoms with E-state index in [1.807, 2.05) is 31.2 Å². The molecule has 0 saturated carbocycles. The third-order valence-electron chi connectivity index (χ3n) is 4.74. The van der Waals surface area contributed by atoms with Crippen molar-refractivity contribution < 1.29 is 4.74 Å². The second-order valence-electron chi connectivity index (χ2n) is 6.60. The van der Waals surface area contributed by atoms with Crippen LogP contribution in [0.25, 0.3) is 11.1 Å². The van der Waals surface area contributed by atoms with Crippen LogP contribution in [0, 0.1) is 6.92 Å². The van der Waals surface area contributed by atoms with E-state index in [1.165, 1.54) is 5.56 Å². The van der Waals surface area contributed by atoms with Crippen molar-refractivity contribution in [2.45, 2.75) is 12.8 Å². The SMILES string of the molecule is Cc1cncc(Cl)c1C1=NCC(c2ccc(-c3ccc(Cl)cc3)cc2)CO1. The van der Waals surface area contributed by atoms with Crippen LogP contribution in [-0.2, 0) is 4.74 Å². The van der Waals surface area contributed by atoms with E-state index in [9.17, 15) is 0 Å². The van der Waals surface area contributed by atoms with E-state index in [0.717, 1.165) is 27.3 Å². The van der Waals surface area contributed by atoms with Gasteiger partial charge >= 0.3 is 0 Å². The first kappa shape index (κ1) is 18.0. The molecule has 3 aromatic rings. The summed E-state index contributed by atoms with van der Waals surface area (Å²) in [4.78, 5) is 8.73. The Bertz CT molecular complexity index is 962. The third-order valence-corrected chi connectivity index (χ3v) is 5.28. The molecule has 2 aromatic carbocycles. The van der Waals surface area contributed by atoms with Crippen LogP contribution in [0.3, 0.4) is 0 Å². The van der Waals surface area contributed by atoms with Crippen LogP contribution < -0.4 is 0 Å². The number of hydrogen-bond donors (Lipinski definition) is 0. The van der Waals surface area contributed by atoms with E-state index >= 15 is 0 Å². The number of aliphatic imine (C=N–C) groups is 1. The van der Waals surface area contributed by atoms with Crippen LogP contribution in [0.15, 0.2) is 65.9 Å². The molecule has 0 aliphatic carbocycles. The van der Waals surface area contributed by atoms with Gasteiger partial charge in [0.2, 0.25) is 5.90 Å². The van der Waals surface area contributed by atoms with Gasteiger partial charge in [-0.15, -0.1) is 0 Å². The third kappa shape index (κ3) is 3.85. The largest absolute Gasteiger partial charge is 0.477 e. The number of nitrogens with zero attached hydrogens (tertiary/aromatic N) is 2. The van der Waals surface area contributed by atoms with Gasteiger partial charge in [-0.1, -0.05) is 59.6 Å². The first-order chi connectivity index (χ1) is 13.1. The molecule has 0 fully saturated rings. The molecule has 1 aliphatic heterocycles. The highest BCUT2D eigenvalue weighted by atomic mass is 35.5. The maximum absolute atomic E-state index is 6.27. The lowest BCUT2D eigenvalue weighted by Gasteiger charge is -2.23. The first-order valence-electron chi connectivity index (χ1n) is 8.75. The van der Waals surface area contributed by atoms with Gasteiger partial charge in [0.1, 0.15) is 0 Å². The number of aryl methyl sites for hydroxylation is 1. The summed E-state index contributed by atoms with van der Waals surface area (Å²) in [5.74, 6) is 0.836. The second kappa shape index (κ2) is 7.71. The monoisotopic (exact) mass is 396 g/mol.